The van der Waals surface area contributed by atoms with Crippen molar-refractivity contribution in [3.63, 3.8) is 0 Å². The van der Waals surface area contributed by atoms with Gasteiger partial charge in [-0.2, -0.15) is 0 Å². The molecular weight excluding hydrogens is 270 g/mol. The molecule has 2 aromatic carbocycles. The summed E-state index contributed by atoms with van der Waals surface area (Å²) in [4.78, 5) is 9.24. The Hall–Kier alpha value is -2.42. The van der Waals surface area contributed by atoms with Crippen LogP contribution in [0.5, 0.6) is 0 Å². The summed E-state index contributed by atoms with van der Waals surface area (Å²) in [5, 5.41) is 0. The molecule has 0 aliphatic carbocycles. The van der Waals surface area contributed by atoms with E-state index in [-0.39, 0.29) is 5.41 Å². The lowest BCUT2D eigenvalue weighted by Crippen LogP contribution is -2.17. The van der Waals surface area contributed by atoms with Crippen molar-refractivity contribution >= 4 is 11.7 Å². The molecule has 3 nitrogen and oxygen atoms in total. The van der Waals surface area contributed by atoms with Crippen LogP contribution in [0.4, 0.5) is 0 Å². The summed E-state index contributed by atoms with van der Waals surface area (Å²) in [7, 11) is 0. The van der Waals surface area contributed by atoms with E-state index in [0.29, 0.717) is 18.2 Å². The summed E-state index contributed by atoms with van der Waals surface area (Å²) >= 11 is 0. The highest BCUT2D eigenvalue weighted by atomic mass is 15.0. The lowest BCUT2D eigenvalue weighted by molar-refractivity contribution is 0.429. The minimum atomic E-state index is 0.108. The van der Waals surface area contributed by atoms with Crippen LogP contribution in [-0.4, -0.2) is 18.2 Å². The third-order valence-corrected chi connectivity index (χ3v) is 3.03. The van der Waals surface area contributed by atoms with Gasteiger partial charge in [-0.3, -0.25) is 4.99 Å². The minimum Gasteiger partial charge on any atom is -0.383 e. The number of nitrogens with zero attached hydrogens (tertiary/aromatic N) is 2. The first-order valence-corrected chi connectivity index (χ1v) is 7.45. The van der Waals surface area contributed by atoms with Crippen molar-refractivity contribution in [2.75, 3.05) is 6.54 Å². The first-order chi connectivity index (χ1) is 10.5. The number of rotatable bonds is 3. The fourth-order valence-electron chi connectivity index (χ4n) is 1.88. The molecular formula is C19H23N3. The van der Waals surface area contributed by atoms with E-state index in [2.05, 4.69) is 30.8 Å². The van der Waals surface area contributed by atoms with Crippen LogP contribution in [0.15, 0.2) is 70.6 Å². The highest BCUT2D eigenvalue weighted by Crippen LogP contribution is 2.14. The molecule has 114 valence electrons. The molecule has 22 heavy (non-hydrogen) atoms. The van der Waals surface area contributed by atoms with E-state index in [1.165, 1.54) is 0 Å². The van der Waals surface area contributed by atoms with Gasteiger partial charge < -0.3 is 5.73 Å². The van der Waals surface area contributed by atoms with Crippen LogP contribution < -0.4 is 5.73 Å². The maximum Gasteiger partial charge on any atom is 0.157 e. The van der Waals surface area contributed by atoms with Gasteiger partial charge in [0.1, 0.15) is 5.84 Å². The maximum absolute atomic E-state index is 6.14. The summed E-state index contributed by atoms with van der Waals surface area (Å²) < 4.78 is 0. The van der Waals surface area contributed by atoms with Crippen LogP contribution in [0.25, 0.3) is 0 Å². The molecule has 0 aliphatic rings. The summed E-state index contributed by atoms with van der Waals surface area (Å²) in [5.74, 6) is 1.16. The largest absolute Gasteiger partial charge is 0.383 e. The van der Waals surface area contributed by atoms with Gasteiger partial charge in [-0.15, -0.1) is 0 Å². The normalized spacial score (nSPS) is 13.2. The van der Waals surface area contributed by atoms with Crippen molar-refractivity contribution in [1.82, 2.24) is 0 Å². The van der Waals surface area contributed by atoms with Gasteiger partial charge in [-0.1, -0.05) is 81.4 Å². The smallest absolute Gasteiger partial charge is 0.157 e. The van der Waals surface area contributed by atoms with E-state index in [4.69, 9.17) is 5.73 Å². The molecule has 0 saturated carbocycles. The van der Waals surface area contributed by atoms with Crippen molar-refractivity contribution in [1.29, 1.82) is 0 Å². The molecule has 0 aliphatic heterocycles. The average Bonchev–Trinajstić information content (AvgIpc) is 2.52. The quantitative estimate of drug-likeness (QED) is 0.677. The number of hydrogen-bond acceptors (Lipinski definition) is 1. The number of amidine groups is 2. The third-order valence-electron chi connectivity index (χ3n) is 3.03. The molecule has 0 spiro atoms. The first-order valence-electron chi connectivity index (χ1n) is 7.45. The van der Waals surface area contributed by atoms with E-state index in [1.807, 2.05) is 60.7 Å². The van der Waals surface area contributed by atoms with Crippen LogP contribution in [0.2, 0.25) is 0 Å². The number of hydrogen-bond donors (Lipinski definition) is 1. The van der Waals surface area contributed by atoms with Gasteiger partial charge in [-0.25, -0.2) is 4.99 Å². The van der Waals surface area contributed by atoms with Gasteiger partial charge in [-0.05, 0) is 5.41 Å². The Labute approximate surface area is 132 Å². The summed E-state index contributed by atoms with van der Waals surface area (Å²) in [6.45, 7) is 7.17. The van der Waals surface area contributed by atoms with E-state index in [9.17, 15) is 0 Å². The fraction of sp³-hybridized carbons (Fsp3) is 0.263. The fourth-order valence-corrected chi connectivity index (χ4v) is 1.88. The van der Waals surface area contributed by atoms with E-state index < -0.39 is 0 Å². The standard InChI is InChI=1S/C19H23N3/c1-19(2,3)14-21-18(16-12-8-5-9-13-16)22-17(20)15-10-6-4-7-11-15/h4-13H,14H2,1-3H3,(H2,20,21,22). The Balaban J connectivity index is 2.37. The third kappa shape index (κ3) is 4.85. The molecule has 3 heteroatoms. The van der Waals surface area contributed by atoms with Crippen LogP contribution in [-0.2, 0) is 0 Å². The van der Waals surface area contributed by atoms with Crippen molar-refractivity contribution in [3.05, 3.63) is 71.8 Å². The molecule has 2 aromatic rings. The van der Waals surface area contributed by atoms with Crippen molar-refractivity contribution < 1.29 is 0 Å². The Kier molecular flexibility index (Phi) is 5.10. The zero-order valence-electron chi connectivity index (χ0n) is 13.5. The molecule has 0 bridgehead atoms. The summed E-state index contributed by atoms with van der Waals surface area (Å²) in [6, 6.07) is 19.7. The lowest BCUT2D eigenvalue weighted by atomic mass is 9.97. The zero-order valence-corrected chi connectivity index (χ0v) is 13.5. The van der Waals surface area contributed by atoms with Gasteiger partial charge in [0.15, 0.2) is 5.84 Å². The van der Waals surface area contributed by atoms with Gasteiger partial charge in [0, 0.05) is 17.7 Å². The molecule has 0 unspecified atom stereocenters. The highest BCUT2D eigenvalue weighted by Gasteiger charge is 2.11. The molecule has 2 N–H and O–H groups in total. The Morgan fingerprint density at radius 1 is 0.864 bits per heavy atom. The minimum absolute atomic E-state index is 0.108. The second-order valence-corrected chi connectivity index (χ2v) is 6.43. The Morgan fingerprint density at radius 2 is 1.36 bits per heavy atom. The van der Waals surface area contributed by atoms with Crippen LogP contribution in [0, 0.1) is 5.41 Å². The molecule has 0 amide bonds. The van der Waals surface area contributed by atoms with Crippen molar-refractivity contribution in [2.24, 2.45) is 21.1 Å². The second kappa shape index (κ2) is 7.03. The van der Waals surface area contributed by atoms with E-state index >= 15 is 0 Å². The second-order valence-electron chi connectivity index (χ2n) is 6.43. The number of aliphatic imine (C=N–C) groups is 2. The van der Waals surface area contributed by atoms with Crippen LogP contribution in [0.1, 0.15) is 31.9 Å². The summed E-state index contributed by atoms with van der Waals surface area (Å²) in [6.07, 6.45) is 0. The molecule has 0 aromatic heterocycles. The summed E-state index contributed by atoms with van der Waals surface area (Å²) in [5.41, 5.74) is 8.13. The Morgan fingerprint density at radius 3 is 1.86 bits per heavy atom. The van der Waals surface area contributed by atoms with Crippen molar-refractivity contribution in [3.8, 4) is 0 Å². The molecule has 0 saturated heterocycles. The highest BCUT2D eigenvalue weighted by molar-refractivity contribution is 6.10. The first kappa shape index (κ1) is 16.0. The maximum atomic E-state index is 6.14. The van der Waals surface area contributed by atoms with E-state index in [0.717, 1.165) is 11.1 Å². The predicted molar refractivity (Wildman–Crippen MR) is 94.5 cm³/mol. The lowest BCUT2D eigenvalue weighted by Gasteiger charge is -2.15. The van der Waals surface area contributed by atoms with Gasteiger partial charge in [0.25, 0.3) is 0 Å². The van der Waals surface area contributed by atoms with Crippen LogP contribution in [0.3, 0.4) is 0 Å². The molecule has 0 heterocycles. The topological polar surface area (TPSA) is 50.7 Å². The van der Waals surface area contributed by atoms with Gasteiger partial charge in [0.2, 0.25) is 0 Å². The average molecular weight is 293 g/mol. The SMILES string of the molecule is CC(C)(C)CN=C(N=C(N)c1ccccc1)c1ccccc1. The Bertz CT molecular complexity index is 650. The van der Waals surface area contributed by atoms with Crippen LogP contribution >= 0.6 is 0 Å². The van der Waals surface area contributed by atoms with E-state index in [1.54, 1.807) is 0 Å². The molecule has 0 fully saturated rings. The predicted octanol–water partition coefficient (Wildman–Crippen LogP) is 3.88. The zero-order chi connectivity index (χ0) is 16.0. The number of nitrogens with two attached hydrogens (primary N) is 1. The molecule has 2 rings (SSSR count). The van der Waals surface area contributed by atoms with Crippen molar-refractivity contribution in [2.45, 2.75) is 20.8 Å². The molecule has 0 radical (unpaired) electrons. The van der Waals surface area contributed by atoms with Gasteiger partial charge in [0.05, 0.1) is 0 Å². The molecule has 0 atom stereocenters. The monoisotopic (exact) mass is 293 g/mol. The number of benzene rings is 2. The van der Waals surface area contributed by atoms with Gasteiger partial charge >= 0.3 is 0 Å².